The molecule has 1 aliphatic heterocycles. The number of nitrogens with zero attached hydrogens (tertiary/aromatic N) is 2. The number of hydrogen-bond acceptors (Lipinski definition) is 5. The van der Waals surface area contributed by atoms with E-state index in [0.29, 0.717) is 17.1 Å². The van der Waals surface area contributed by atoms with Crippen LogP contribution in [0.4, 0.5) is 5.69 Å². The van der Waals surface area contributed by atoms with Crippen LogP contribution in [-0.4, -0.2) is 22.7 Å². The Morgan fingerprint density at radius 2 is 1.85 bits per heavy atom. The summed E-state index contributed by atoms with van der Waals surface area (Å²) in [5.41, 5.74) is 0.545. The van der Waals surface area contributed by atoms with Crippen LogP contribution in [0.1, 0.15) is 10.4 Å². The van der Waals surface area contributed by atoms with Crippen molar-refractivity contribution in [2.75, 3.05) is 12.1 Å². The molecule has 0 unspecified atom stereocenters. The van der Waals surface area contributed by atoms with Gasteiger partial charge in [0.05, 0.1) is 0 Å². The highest BCUT2D eigenvalue weighted by atomic mass is 35.5. The van der Waals surface area contributed by atoms with Crippen molar-refractivity contribution < 1.29 is 14.3 Å². The summed E-state index contributed by atoms with van der Waals surface area (Å²) in [4.78, 5) is 19.6. The first-order chi connectivity index (χ1) is 9.65. The van der Waals surface area contributed by atoms with E-state index in [4.69, 9.17) is 32.7 Å². The number of anilines is 1. The van der Waals surface area contributed by atoms with Crippen LogP contribution in [0.25, 0.3) is 0 Å². The first-order valence-corrected chi connectivity index (χ1v) is 6.28. The van der Waals surface area contributed by atoms with Gasteiger partial charge in [-0.3, -0.25) is 4.79 Å². The summed E-state index contributed by atoms with van der Waals surface area (Å²) in [6, 6.07) is 4.83. The van der Waals surface area contributed by atoms with Crippen molar-refractivity contribution in [2.45, 2.75) is 0 Å². The normalized spacial score (nSPS) is 12.3. The van der Waals surface area contributed by atoms with Gasteiger partial charge < -0.3 is 14.8 Å². The minimum absolute atomic E-state index is 0.0686. The predicted molar refractivity (Wildman–Crippen MR) is 72.6 cm³/mol. The van der Waals surface area contributed by atoms with Crippen LogP contribution in [0.3, 0.4) is 0 Å². The summed E-state index contributed by atoms with van der Waals surface area (Å²) in [5, 5.41) is 2.70. The number of rotatable bonds is 2. The van der Waals surface area contributed by atoms with E-state index in [1.54, 1.807) is 18.2 Å². The van der Waals surface area contributed by atoms with Gasteiger partial charge >= 0.3 is 0 Å². The molecule has 0 aliphatic carbocycles. The van der Waals surface area contributed by atoms with Crippen LogP contribution in [0, 0.1) is 0 Å². The molecule has 0 bridgehead atoms. The molecule has 1 aliphatic rings. The maximum Gasteiger partial charge on any atom is 0.255 e. The second kappa shape index (κ2) is 5.15. The highest BCUT2D eigenvalue weighted by molar-refractivity contribution is 6.38. The fourth-order valence-electron chi connectivity index (χ4n) is 1.67. The second-order valence-electron chi connectivity index (χ2n) is 3.85. The molecule has 20 heavy (non-hydrogen) atoms. The molecule has 1 aromatic carbocycles. The van der Waals surface area contributed by atoms with Crippen LogP contribution >= 0.6 is 23.2 Å². The Kier molecular flexibility index (Phi) is 3.33. The second-order valence-corrected chi connectivity index (χ2v) is 4.57. The third-order valence-electron chi connectivity index (χ3n) is 2.63. The minimum Gasteiger partial charge on any atom is -0.454 e. The van der Waals surface area contributed by atoms with Crippen LogP contribution in [0.5, 0.6) is 11.5 Å². The van der Waals surface area contributed by atoms with Gasteiger partial charge in [-0.2, -0.15) is 0 Å². The quantitative estimate of drug-likeness (QED) is 0.863. The molecular formula is C12H7Cl2N3O3. The Hall–Kier alpha value is -2.05. The molecule has 0 radical (unpaired) electrons. The van der Waals surface area contributed by atoms with Gasteiger partial charge in [-0.1, -0.05) is 23.2 Å². The predicted octanol–water partition coefficient (Wildman–Crippen LogP) is 2.76. The van der Waals surface area contributed by atoms with E-state index in [0.717, 1.165) is 0 Å². The molecule has 1 amide bonds. The Labute approximate surface area is 123 Å². The molecule has 2 heterocycles. The van der Waals surface area contributed by atoms with Gasteiger partial charge in [0, 0.05) is 5.56 Å². The van der Waals surface area contributed by atoms with E-state index in [9.17, 15) is 4.79 Å². The van der Waals surface area contributed by atoms with Crippen molar-refractivity contribution in [3.63, 3.8) is 0 Å². The molecule has 0 saturated carbocycles. The fraction of sp³-hybridized carbons (Fsp3) is 0.0833. The lowest BCUT2D eigenvalue weighted by molar-refractivity contribution is 0.102. The molecule has 1 aromatic heterocycles. The van der Waals surface area contributed by atoms with Gasteiger partial charge in [0.15, 0.2) is 21.8 Å². The van der Waals surface area contributed by atoms with Gasteiger partial charge in [-0.25, -0.2) is 9.97 Å². The lowest BCUT2D eigenvalue weighted by atomic mass is 10.2. The molecule has 0 fully saturated rings. The average Bonchev–Trinajstić information content (AvgIpc) is 2.90. The SMILES string of the molecule is O=C(Nc1c(Cl)ncnc1Cl)c1ccc2c(c1)OCO2. The summed E-state index contributed by atoms with van der Waals surface area (Å²) in [6.07, 6.45) is 1.21. The zero-order valence-electron chi connectivity index (χ0n) is 9.89. The number of ether oxygens (including phenoxy) is 2. The number of benzene rings is 1. The number of fused-ring (bicyclic) bond motifs is 1. The summed E-state index contributed by atoms with van der Waals surface area (Å²) in [7, 11) is 0. The van der Waals surface area contributed by atoms with Crippen LogP contribution < -0.4 is 14.8 Å². The van der Waals surface area contributed by atoms with Crippen molar-refractivity contribution in [2.24, 2.45) is 0 Å². The van der Waals surface area contributed by atoms with E-state index in [1.165, 1.54) is 6.33 Å². The zero-order valence-corrected chi connectivity index (χ0v) is 11.4. The van der Waals surface area contributed by atoms with E-state index in [-0.39, 0.29) is 22.8 Å². The number of halogens is 2. The summed E-state index contributed by atoms with van der Waals surface area (Å²) >= 11 is 11.7. The summed E-state index contributed by atoms with van der Waals surface area (Å²) in [6.45, 7) is 0.143. The largest absolute Gasteiger partial charge is 0.454 e. The molecule has 0 atom stereocenters. The van der Waals surface area contributed by atoms with Gasteiger partial charge in [0.1, 0.15) is 12.0 Å². The zero-order chi connectivity index (χ0) is 14.1. The smallest absolute Gasteiger partial charge is 0.255 e. The highest BCUT2D eigenvalue weighted by Crippen LogP contribution is 2.33. The number of carbonyl (C=O) groups is 1. The summed E-state index contributed by atoms with van der Waals surface area (Å²) in [5.74, 6) is 0.710. The Balaban J connectivity index is 1.86. The molecule has 0 saturated heterocycles. The third-order valence-corrected chi connectivity index (χ3v) is 3.20. The van der Waals surface area contributed by atoms with Gasteiger partial charge in [-0.15, -0.1) is 0 Å². The van der Waals surface area contributed by atoms with Crippen molar-refractivity contribution in [1.29, 1.82) is 0 Å². The molecule has 3 rings (SSSR count). The Bertz CT molecular complexity index is 673. The number of aromatic nitrogens is 2. The van der Waals surface area contributed by atoms with Gasteiger partial charge in [0.2, 0.25) is 6.79 Å². The highest BCUT2D eigenvalue weighted by Gasteiger charge is 2.18. The first kappa shape index (κ1) is 13.0. The maximum absolute atomic E-state index is 12.1. The van der Waals surface area contributed by atoms with Crippen LogP contribution in [-0.2, 0) is 0 Å². The number of amides is 1. The average molecular weight is 312 g/mol. The van der Waals surface area contributed by atoms with E-state index in [2.05, 4.69) is 15.3 Å². The van der Waals surface area contributed by atoms with Gasteiger partial charge in [0.25, 0.3) is 5.91 Å². The Morgan fingerprint density at radius 1 is 1.15 bits per heavy atom. The number of carbonyl (C=O) groups excluding carboxylic acids is 1. The number of hydrogen-bond donors (Lipinski definition) is 1. The Morgan fingerprint density at radius 3 is 2.60 bits per heavy atom. The van der Waals surface area contributed by atoms with Crippen molar-refractivity contribution in [1.82, 2.24) is 9.97 Å². The molecule has 1 N–H and O–H groups in total. The van der Waals surface area contributed by atoms with E-state index in [1.807, 2.05) is 0 Å². The number of nitrogens with one attached hydrogen (secondary N) is 1. The standard InChI is InChI=1S/C12H7Cl2N3O3/c13-10-9(11(14)16-4-15-10)17-12(18)6-1-2-7-8(3-6)20-5-19-7/h1-4H,5H2,(H,17,18). The van der Waals surface area contributed by atoms with Crippen molar-refractivity contribution in [3.05, 3.63) is 40.4 Å². The molecule has 2 aromatic rings. The molecule has 6 nitrogen and oxygen atoms in total. The topological polar surface area (TPSA) is 73.3 Å². The monoisotopic (exact) mass is 311 g/mol. The van der Waals surface area contributed by atoms with E-state index >= 15 is 0 Å². The minimum atomic E-state index is -0.401. The maximum atomic E-state index is 12.1. The first-order valence-electron chi connectivity index (χ1n) is 5.52. The van der Waals surface area contributed by atoms with Gasteiger partial charge in [-0.05, 0) is 18.2 Å². The third kappa shape index (κ3) is 2.35. The van der Waals surface area contributed by atoms with Crippen LogP contribution in [0.2, 0.25) is 10.3 Å². The molecule has 102 valence electrons. The lowest BCUT2D eigenvalue weighted by Gasteiger charge is -2.08. The van der Waals surface area contributed by atoms with Crippen molar-refractivity contribution in [3.8, 4) is 11.5 Å². The van der Waals surface area contributed by atoms with Crippen molar-refractivity contribution >= 4 is 34.8 Å². The molecule has 8 heteroatoms. The van der Waals surface area contributed by atoms with E-state index < -0.39 is 5.91 Å². The fourth-order valence-corrected chi connectivity index (χ4v) is 2.08. The van der Waals surface area contributed by atoms with Crippen LogP contribution in [0.15, 0.2) is 24.5 Å². The molecular weight excluding hydrogens is 305 g/mol. The summed E-state index contributed by atoms with van der Waals surface area (Å²) < 4.78 is 10.4. The molecule has 0 spiro atoms. The lowest BCUT2D eigenvalue weighted by Crippen LogP contribution is -2.13.